The van der Waals surface area contributed by atoms with E-state index in [1.165, 1.54) is 106 Å². The zero-order valence-electron chi connectivity index (χ0n) is 42.4. The molecule has 10 rings (SSSR count). The minimum absolute atomic E-state index is 0.0206. The van der Waals surface area contributed by atoms with Crippen LogP contribution in [0.5, 0.6) is 0 Å². The Morgan fingerprint density at radius 2 is 1.23 bits per heavy atom. The molecule has 6 aromatic rings. The van der Waals surface area contributed by atoms with E-state index in [0.29, 0.717) is 11.8 Å². The highest BCUT2D eigenvalue weighted by Crippen LogP contribution is 2.54. The summed E-state index contributed by atoms with van der Waals surface area (Å²) in [7, 11) is 0. The van der Waals surface area contributed by atoms with Crippen molar-refractivity contribution in [2.45, 2.75) is 150 Å². The van der Waals surface area contributed by atoms with Gasteiger partial charge < -0.3 is 9.80 Å². The van der Waals surface area contributed by atoms with E-state index in [1.54, 1.807) is 0 Å². The van der Waals surface area contributed by atoms with Gasteiger partial charge in [0.15, 0.2) is 0 Å². The van der Waals surface area contributed by atoms with Gasteiger partial charge in [0.25, 0.3) is 6.71 Å². The normalized spacial score (nSPS) is 17.4. The number of fused-ring (bicyclic) bond motifs is 5. The fraction of sp³-hybridized carbons (Fsp3) is 0.365. The summed E-state index contributed by atoms with van der Waals surface area (Å²) < 4.78 is 0. The summed E-state index contributed by atoms with van der Waals surface area (Å²) in [5, 5.41) is 0. The van der Waals surface area contributed by atoms with Crippen LogP contribution in [-0.2, 0) is 21.7 Å². The summed E-state index contributed by atoms with van der Waals surface area (Å²) in [5.74, 6) is 0.767. The van der Waals surface area contributed by atoms with Gasteiger partial charge in [-0.1, -0.05) is 176 Å². The van der Waals surface area contributed by atoms with Crippen LogP contribution in [0.2, 0.25) is 0 Å². The molecule has 0 amide bonds. The molecule has 0 saturated heterocycles. The first-order valence-electron chi connectivity index (χ1n) is 24.9. The van der Waals surface area contributed by atoms with Crippen LogP contribution in [0.4, 0.5) is 34.1 Å². The molecule has 2 aliphatic carbocycles. The third-order valence-electron chi connectivity index (χ3n) is 15.5. The van der Waals surface area contributed by atoms with Crippen LogP contribution >= 0.6 is 0 Å². The molecule has 0 N–H and O–H groups in total. The first-order valence-corrected chi connectivity index (χ1v) is 24.9. The molecular formula is C63H71BN2. The van der Waals surface area contributed by atoms with Gasteiger partial charge in [-0.25, -0.2) is 0 Å². The number of allylic oxidation sites excluding steroid dienone is 4. The molecule has 0 bridgehead atoms. The van der Waals surface area contributed by atoms with Gasteiger partial charge in [0.05, 0.1) is 5.69 Å². The Labute approximate surface area is 398 Å². The number of rotatable bonds is 5. The molecule has 3 heteroatoms. The lowest BCUT2D eigenvalue weighted by molar-refractivity contribution is 0.489. The summed E-state index contributed by atoms with van der Waals surface area (Å²) in [6, 6.07) is 43.7. The van der Waals surface area contributed by atoms with E-state index in [4.69, 9.17) is 0 Å². The maximum Gasteiger partial charge on any atom is 0.252 e. The summed E-state index contributed by atoms with van der Waals surface area (Å²) in [6.45, 7) is 33.3. The molecule has 4 aliphatic rings. The highest BCUT2D eigenvalue weighted by molar-refractivity contribution is 7.00. The van der Waals surface area contributed by atoms with Crippen LogP contribution in [0.3, 0.4) is 0 Å². The lowest BCUT2D eigenvalue weighted by Gasteiger charge is -2.46. The molecule has 2 nitrogen and oxygen atoms in total. The fourth-order valence-electron chi connectivity index (χ4n) is 11.7. The molecule has 66 heavy (non-hydrogen) atoms. The molecule has 0 spiro atoms. The van der Waals surface area contributed by atoms with Gasteiger partial charge in [0, 0.05) is 39.6 Å². The van der Waals surface area contributed by atoms with Gasteiger partial charge in [-0.3, -0.25) is 0 Å². The Hall–Kier alpha value is -5.54. The SMILES string of the molecule is CC(C)c1cc2c3c(c1)N(c1c(C4=CCCC=C4)cc(C(C)(C)C)cc1-c1ccccc1)c1cc4c(cc1B3c1cc(C(C)(C)C)ccc1N2c1ccc(C(C)(C)C)cc1)C(C)(C)CC4C. The molecule has 0 radical (unpaired) electrons. The minimum Gasteiger partial charge on any atom is -0.311 e. The van der Waals surface area contributed by atoms with Crippen LogP contribution in [0.15, 0.2) is 127 Å². The second-order valence-corrected chi connectivity index (χ2v) is 24.2. The van der Waals surface area contributed by atoms with Crippen molar-refractivity contribution >= 4 is 62.8 Å². The van der Waals surface area contributed by atoms with E-state index in [1.807, 2.05) is 0 Å². The predicted molar refractivity (Wildman–Crippen MR) is 288 cm³/mol. The van der Waals surface area contributed by atoms with E-state index in [2.05, 4.69) is 234 Å². The van der Waals surface area contributed by atoms with Crippen molar-refractivity contribution in [1.82, 2.24) is 0 Å². The summed E-state index contributed by atoms with van der Waals surface area (Å²) in [6.07, 6.45) is 10.5. The quantitative estimate of drug-likeness (QED) is 0.159. The summed E-state index contributed by atoms with van der Waals surface area (Å²) >= 11 is 0. The topological polar surface area (TPSA) is 6.48 Å². The second-order valence-electron chi connectivity index (χ2n) is 24.2. The lowest BCUT2D eigenvalue weighted by Crippen LogP contribution is -2.62. The molecule has 6 aromatic carbocycles. The van der Waals surface area contributed by atoms with E-state index in [0.717, 1.165) is 19.3 Å². The van der Waals surface area contributed by atoms with Crippen LogP contribution in [0, 0.1) is 0 Å². The standard InChI is InChI=1S/C63H71BN2/c1-39(2)43-31-56-58-57(32-43)66(59-49(41-21-17-15-18-22-41)33-46(62(10,11)12)34-50(59)42-23-19-16-20-24-42)55-36-48-40(3)38-63(13,14)51(48)37-53(55)64(58)52-35-45(61(7,8)9)27-30-54(52)65(56)47-28-25-44(26-29-47)60(4,5)6/h15,17-19,21-37,39-40H,16,20,38H2,1-14H3. The van der Waals surface area contributed by atoms with Gasteiger partial charge in [-0.15, -0.1) is 0 Å². The molecule has 1 unspecified atom stereocenters. The first kappa shape index (κ1) is 44.3. The van der Waals surface area contributed by atoms with Gasteiger partial charge in [0.2, 0.25) is 0 Å². The van der Waals surface area contributed by atoms with Crippen molar-refractivity contribution in [3.05, 3.63) is 166 Å². The van der Waals surface area contributed by atoms with Crippen LogP contribution in [-0.4, -0.2) is 6.71 Å². The maximum absolute atomic E-state index is 2.77. The van der Waals surface area contributed by atoms with Crippen LogP contribution in [0.25, 0.3) is 16.7 Å². The highest BCUT2D eigenvalue weighted by Gasteiger charge is 2.47. The molecule has 0 saturated carbocycles. The van der Waals surface area contributed by atoms with E-state index < -0.39 is 0 Å². The van der Waals surface area contributed by atoms with E-state index >= 15 is 0 Å². The highest BCUT2D eigenvalue weighted by atomic mass is 15.2. The molecule has 0 aromatic heterocycles. The lowest BCUT2D eigenvalue weighted by atomic mass is 9.33. The Morgan fingerprint density at radius 1 is 0.606 bits per heavy atom. The Balaban J connectivity index is 1.39. The van der Waals surface area contributed by atoms with Crippen molar-refractivity contribution in [2.75, 3.05) is 9.80 Å². The van der Waals surface area contributed by atoms with E-state index in [-0.39, 0.29) is 28.4 Å². The molecule has 1 atom stereocenters. The van der Waals surface area contributed by atoms with Crippen molar-refractivity contribution < 1.29 is 0 Å². The van der Waals surface area contributed by atoms with Crippen LogP contribution in [0.1, 0.15) is 167 Å². The zero-order chi connectivity index (χ0) is 46.8. The number of anilines is 6. The van der Waals surface area contributed by atoms with Crippen molar-refractivity contribution in [3.63, 3.8) is 0 Å². The largest absolute Gasteiger partial charge is 0.311 e. The third-order valence-corrected chi connectivity index (χ3v) is 15.5. The minimum atomic E-state index is -0.0588. The fourth-order valence-corrected chi connectivity index (χ4v) is 11.7. The van der Waals surface area contributed by atoms with Crippen molar-refractivity contribution in [1.29, 1.82) is 0 Å². The average Bonchev–Trinajstić information content (AvgIpc) is 3.50. The van der Waals surface area contributed by atoms with Gasteiger partial charge in [0.1, 0.15) is 0 Å². The summed E-state index contributed by atoms with van der Waals surface area (Å²) in [5.41, 5.74) is 25.5. The Morgan fingerprint density at radius 3 is 1.85 bits per heavy atom. The zero-order valence-corrected chi connectivity index (χ0v) is 42.4. The Kier molecular flexibility index (Phi) is 10.4. The average molecular weight is 867 g/mol. The van der Waals surface area contributed by atoms with E-state index in [9.17, 15) is 0 Å². The van der Waals surface area contributed by atoms with Gasteiger partial charge in [-0.05, 0) is 162 Å². The second kappa shape index (κ2) is 15.5. The monoisotopic (exact) mass is 867 g/mol. The number of hydrogen-bond acceptors (Lipinski definition) is 2. The smallest absolute Gasteiger partial charge is 0.252 e. The molecule has 336 valence electrons. The predicted octanol–water partition coefficient (Wildman–Crippen LogP) is 16.0. The Bertz CT molecular complexity index is 2960. The first-order chi connectivity index (χ1) is 31.1. The molecule has 0 fully saturated rings. The molecular weight excluding hydrogens is 796 g/mol. The third kappa shape index (κ3) is 7.31. The van der Waals surface area contributed by atoms with Crippen molar-refractivity contribution in [3.8, 4) is 11.1 Å². The van der Waals surface area contributed by atoms with Crippen LogP contribution < -0.4 is 26.2 Å². The molecule has 2 heterocycles. The number of hydrogen-bond donors (Lipinski definition) is 0. The number of benzene rings is 6. The molecule has 2 aliphatic heterocycles. The number of nitrogens with zero attached hydrogens (tertiary/aromatic N) is 2. The van der Waals surface area contributed by atoms with Gasteiger partial charge >= 0.3 is 0 Å². The maximum atomic E-state index is 2.77. The summed E-state index contributed by atoms with van der Waals surface area (Å²) in [4.78, 5) is 5.38. The van der Waals surface area contributed by atoms with Gasteiger partial charge in [-0.2, -0.15) is 0 Å². The van der Waals surface area contributed by atoms with Crippen molar-refractivity contribution in [2.24, 2.45) is 0 Å².